The van der Waals surface area contributed by atoms with Crippen LogP contribution in [-0.4, -0.2) is 0 Å². The Balaban J connectivity index is 1.29. The van der Waals surface area contributed by atoms with Crippen LogP contribution in [0.2, 0.25) is 0 Å². The van der Waals surface area contributed by atoms with Gasteiger partial charge in [0.15, 0.2) is 0 Å². The summed E-state index contributed by atoms with van der Waals surface area (Å²) in [5.41, 5.74) is 19.6. The van der Waals surface area contributed by atoms with Gasteiger partial charge in [0.1, 0.15) is 0 Å². The molecule has 0 atom stereocenters. The minimum absolute atomic E-state index is 0.552. The van der Waals surface area contributed by atoms with Crippen LogP contribution < -0.4 is 4.90 Å². The maximum Gasteiger partial charge on any atom is 0.0714 e. The van der Waals surface area contributed by atoms with E-state index >= 15 is 0 Å². The number of hydrogen-bond donors (Lipinski definition) is 0. The molecule has 1 nitrogen and oxygen atoms in total. The van der Waals surface area contributed by atoms with Crippen LogP contribution in [0, 0.1) is 0 Å². The van der Waals surface area contributed by atoms with Gasteiger partial charge in [-0.2, -0.15) is 0 Å². The number of nitrogens with zero attached hydrogens (tertiary/aromatic N) is 1. The van der Waals surface area contributed by atoms with Crippen molar-refractivity contribution in [3.63, 3.8) is 0 Å². The van der Waals surface area contributed by atoms with E-state index in [0.29, 0.717) is 0 Å². The average molecular weight is 790 g/mol. The Morgan fingerprint density at radius 2 is 0.597 bits per heavy atom. The summed E-state index contributed by atoms with van der Waals surface area (Å²) in [7, 11) is 0. The van der Waals surface area contributed by atoms with Crippen molar-refractivity contribution in [1.29, 1.82) is 0 Å². The maximum absolute atomic E-state index is 2.56. The molecule has 0 unspecified atom stereocenters. The van der Waals surface area contributed by atoms with E-state index in [1.807, 2.05) is 0 Å². The van der Waals surface area contributed by atoms with E-state index < -0.39 is 5.41 Å². The Morgan fingerprint density at radius 1 is 0.226 bits per heavy atom. The third kappa shape index (κ3) is 6.09. The Labute approximate surface area is 364 Å². The van der Waals surface area contributed by atoms with E-state index in [0.717, 1.165) is 28.2 Å². The van der Waals surface area contributed by atoms with Crippen molar-refractivity contribution in [2.45, 2.75) is 5.41 Å². The molecule has 292 valence electrons. The number of benzene rings is 10. The lowest BCUT2D eigenvalue weighted by Crippen LogP contribution is -2.28. The SMILES string of the molecule is c1ccc(-c2ccccc2-c2c(-c3ccccc3)cccc2N(c2ccccc2-c2ccccc2)c2cccc3c2-c2ccccc2C3(c2ccccc2)c2ccccc2)cc1. The Hall–Kier alpha value is -8.00. The second kappa shape index (κ2) is 15.9. The first kappa shape index (κ1) is 37.0. The molecule has 1 aliphatic carbocycles. The predicted octanol–water partition coefficient (Wildman–Crippen LogP) is 16.2. The first-order chi connectivity index (χ1) is 30.8. The highest BCUT2D eigenvalue weighted by atomic mass is 15.2. The molecule has 0 saturated carbocycles. The van der Waals surface area contributed by atoms with Gasteiger partial charge in [-0.3, -0.25) is 0 Å². The number of anilines is 3. The summed E-state index contributed by atoms with van der Waals surface area (Å²) in [6.07, 6.45) is 0. The monoisotopic (exact) mass is 789 g/mol. The first-order valence-electron chi connectivity index (χ1n) is 21.4. The second-order valence-corrected chi connectivity index (χ2v) is 15.9. The number of rotatable bonds is 9. The van der Waals surface area contributed by atoms with Crippen LogP contribution in [0.4, 0.5) is 17.1 Å². The van der Waals surface area contributed by atoms with E-state index in [1.54, 1.807) is 0 Å². The van der Waals surface area contributed by atoms with Crippen molar-refractivity contribution >= 4 is 17.1 Å². The van der Waals surface area contributed by atoms with E-state index in [4.69, 9.17) is 0 Å². The van der Waals surface area contributed by atoms with Crippen LogP contribution in [0.5, 0.6) is 0 Å². The first-order valence-corrected chi connectivity index (χ1v) is 21.4. The van der Waals surface area contributed by atoms with Crippen molar-refractivity contribution in [1.82, 2.24) is 0 Å². The summed E-state index contributed by atoms with van der Waals surface area (Å²) < 4.78 is 0. The molecule has 1 aliphatic rings. The van der Waals surface area contributed by atoms with Crippen LogP contribution in [0.15, 0.2) is 261 Å². The molecule has 0 heterocycles. The molecular formula is C61H43N. The van der Waals surface area contributed by atoms with Crippen molar-refractivity contribution in [3.05, 3.63) is 283 Å². The molecule has 10 aromatic carbocycles. The van der Waals surface area contributed by atoms with E-state index in [-0.39, 0.29) is 0 Å². The molecular weight excluding hydrogens is 747 g/mol. The van der Waals surface area contributed by atoms with Crippen LogP contribution in [0.3, 0.4) is 0 Å². The molecule has 0 radical (unpaired) electrons. The van der Waals surface area contributed by atoms with Gasteiger partial charge in [0.2, 0.25) is 0 Å². The lowest BCUT2D eigenvalue weighted by atomic mass is 9.68. The summed E-state index contributed by atoms with van der Waals surface area (Å²) >= 11 is 0. The molecule has 62 heavy (non-hydrogen) atoms. The molecule has 1 heteroatoms. The molecule has 0 bridgehead atoms. The van der Waals surface area contributed by atoms with Gasteiger partial charge in [-0.15, -0.1) is 0 Å². The Bertz CT molecular complexity index is 3120. The molecule has 11 rings (SSSR count). The summed E-state index contributed by atoms with van der Waals surface area (Å²) in [4.78, 5) is 2.56. The molecule has 0 aliphatic heterocycles. The summed E-state index contributed by atoms with van der Waals surface area (Å²) in [6.45, 7) is 0. The number of hydrogen-bond acceptors (Lipinski definition) is 1. The summed E-state index contributed by atoms with van der Waals surface area (Å²) in [5.74, 6) is 0. The fourth-order valence-corrected chi connectivity index (χ4v) is 10.0. The van der Waals surface area contributed by atoms with Gasteiger partial charge in [-0.05, 0) is 79.4 Å². The average Bonchev–Trinajstić information content (AvgIpc) is 3.67. The van der Waals surface area contributed by atoms with Crippen molar-refractivity contribution < 1.29 is 0 Å². The fourth-order valence-electron chi connectivity index (χ4n) is 10.0. The topological polar surface area (TPSA) is 3.24 Å². The molecule has 0 amide bonds. The number of fused-ring (bicyclic) bond motifs is 3. The second-order valence-electron chi connectivity index (χ2n) is 15.9. The third-order valence-electron chi connectivity index (χ3n) is 12.6. The summed E-state index contributed by atoms with van der Waals surface area (Å²) in [6, 6.07) is 95.4. The standard InChI is InChI=1S/C61H43N/c1-6-24-44(25-7-1)49-34-16-17-36-52(49)59-51(46-28-10-3-11-29-46)38-22-42-57(59)62(56-41-21-19-35-50(56)45-26-8-2-9-27-45)58-43-23-40-55-60(58)53-37-18-20-39-54(53)61(55,47-30-12-4-13-31-47)48-32-14-5-15-33-48/h1-43H. The molecule has 0 aromatic heterocycles. The van der Waals surface area contributed by atoms with Gasteiger partial charge < -0.3 is 4.90 Å². The van der Waals surface area contributed by atoms with Gasteiger partial charge in [0.25, 0.3) is 0 Å². The lowest BCUT2D eigenvalue weighted by Gasteiger charge is -2.35. The van der Waals surface area contributed by atoms with E-state index in [1.165, 1.54) is 66.8 Å². The van der Waals surface area contributed by atoms with Crippen molar-refractivity contribution in [2.75, 3.05) is 4.90 Å². The highest BCUT2D eigenvalue weighted by molar-refractivity contribution is 6.06. The molecule has 0 N–H and O–H groups in total. The number of para-hydroxylation sites is 1. The van der Waals surface area contributed by atoms with Crippen LogP contribution in [0.25, 0.3) is 55.6 Å². The molecule has 0 saturated heterocycles. The highest BCUT2D eigenvalue weighted by Crippen LogP contribution is 2.60. The lowest BCUT2D eigenvalue weighted by molar-refractivity contribution is 0.768. The van der Waals surface area contributed by atoms with Gasteiger partial charge in [-0.1, -0.05) is 243 Å². The molecule has 0 fully saturated rings. The molecule has 10 aromatic rings. The van der Waals surface area contributed by atoms with Gasteiger partial charge >= 0.3 is 0 Å². The van der Waals surface area contributed by atoms with Gasteiger partial charge in [0.05, 0.1) is 22.5 Å². The zero-order valence-corrected chi connectivity index (χ0v) is 34.3. The van der Waals surface area contributed by atoms with Gasteiger partial charge in [0, 0.05) is 16.7 Å². The minimum Gasteiger partial charge on any atom is -0.309 e. The van der Waals surface area contributed by atoms with Crippen LogP contribution in [-0.2, 0) is 5.41 Å². The zero-order chi connectivity index (χ0) is 41.3. The van der Waals surface area contributed by atoms with Crippen LogP contribution >= 0.6 is 0 Å². The Kier molecular flexibility index (Phi) is 9.48. The quantitative estimate of drug-likeness (QED) is 0.141. The summed E-state index contributed by atoms with van der Waals surface area (Å²) in [5, 5.41) is 0. The van der Waals surface area contributed by atoms with Crippen molar-refractivity contribution in [2.24, 2.45) is 0 Å². The van der Waals surface area contributed by atoms with Gasteiger partial charge in [-0.25, -0.2) is 0 Å². The van der Waals surface area contributed by atoms with Crippen LogP contribution in [0.1, 0.15) is 22.3 Å². The predicted molar refractivity (Wildman–Crippen MR) is 260 cm³/mol. The third-order valence-corrected chi connectivity index (χ3v) is 12.6. The minimum atomic E-state index is -0.552. The van der Waals surface area contributed by atoms with Crippen molar-refractivity contribution in [3.8, 4) is 55.6 Å². The Morgan fingerprint density at radius 3 is 1.19 bits per heavy atom. The zero-order valence-electron chi connectivity index (χ0n) is 34.3. The highest BCUT2D eigenvalue weighted by Gasteiger charge is 2.47. The van der Waals surface area contributed by atoms with E-state index in [9.17, 15) is 0 Å². The fraction of sp³-hybridized carbons (Fsp3) is 0.0164. The van der Waals surface area contributed by atoms with E-state index in [2.05, 4.69) is 266 Å². The molecule has 0 spiro atoms. The normalized spacial score (nSPS) is 12.3. The largest absolute Gasteiger partial charge is 0.309 e. The maximum atomic E-state index is 2.56. The smallest absolute Gasteiger partial charge is 0.0714 e.